The van der Waals surface area contributed by atoms with E-state index in [4.69, 9.17) is 4.74 Å². The Balaban J connectivity index is 1.97. The van der Waals surface area contributed by atoms with E-state index in [-0.39, 0.29) is 5.78 Å². The van der Waals surface area contributed by atoms with Crippen molar-refractivity contribution in [3.63, 3.8) is 0 Å². The number of benzene rings is 3. The SMILES string of the molecule is CSC(OC(C)=O)C(=O)[C@H](Cc1ccccc1)N(Cc1ccccc1)Cc1ccccc1. The summed E-state index contributed by atoms with van der Waals surface area (Å²) in [6.45, 7) is 2.56. The van der Waals surface area contributed by atoms with Gasteiger partial charge < -0.3 is 4.74 Å². The molecule has 2 atom stereocenters. The number of carbonyl (C=O) groups is 2. The van der Waals surface area contributed by atoms with Crippen LogP contribution in [0, 0.1) is 0 Å². The van der Waals surface area contributed by atoms with E-state index in [1.165, 1.54) is 18.7 Å². The van der Waals surface area contributed by atoms with Gasteiger partial charge >= 0.3 is 5.97 Å². The third kappa shape index (κ3) is 7.08. The second kappa shape index (κ2) is 12.2. The Morgan fingerprint density at radius 3 is 1.62 bits per heavy atom. The van der Waals surface area contributed by atoms with Gasteiger partial charge in [0.1, 0.15) is 0 Å². The van der Waals surface area contributed by atoms with Gasteiger partial charge in [-0.1, -0.05) is 91.0 Å². The first-order chi connectivity index (χ1) is 15.6. The van der Waals surface area contributed by atoms with E-state index in [1.807, 2.05) is 66.7 Å². The van der Waals surface area contributed by atoms with E-state index < -0.39 is 17.4 Å². The van der Waals surface area contributed by atoms with Gasteiger partial charge in [-0.05, 0) is 29.4 Å². The standard InChI is InChI=1S/C27H29NO3S/c1-21(29)31-27(32-2)26(30)25(18-22-12-6-3-7-13-22)28(19-23-14-8-4-9-15-23)20-24-16-10-5-11-17-24/h3-17,25,27H,18-20H2,1-2H3/t25-,27?/m0/s1. The molecule has 0 spiro atoms. The fourth-order valence-electron chi connectivity index (χ4n) is 3.69. The lowest BCUT2D eigenvalue weighted by Crippen LogP contribution is -2.46. The van der Waals surface area contributed by atoms with Gasteiger partial charge in [0.25, 0.3) is 0 Å². The van der Waals surface area contributed by atoms with Gasteiger partial charge in [0.15, 0.2) is 0 Å². The predicted molar refractivity (Wildman–Crippen MR) is 130 cm³/mol. The summed E-state index contributed by atoms with van der Waals surface area (Å²) in [5.74, 6) is -0.544. The fourth-order valence-corrected chi connectivity index (χ4v) is 4.31. The summed E-state index contributed by atoms with van der Waals surface area (Å²) in [6.07, 6.45) is 2.33. The van der Waals surface area contributed by atoms with Crippen molar-refractivity contribution in [1.29, 1.82) is 0 Å². The van der Waals surface area contributed by atoms with Crippen molar-refractivity contribution in [2.75, 3.05) is 6.26 Å². The van der Waals surface area contributed by atoms with E-state index in [0.717, 1.165) is 16.7 Å². The quantitative estimate of drug-likeness (QED) is 0.302. The van der Waals surface area contributed by atoms with Gasteiger partial charge in [-0.2, -0.15) is 0 Å². The molecule has 166 valence electrons. The lowest BCUT2D eigenvalue weighted by atomic mass is 9.99. The normalized spacial score (nSPS) is 12.8. The first kappa shape index (κ1) is 23.8. The average Bonchev–Trinajstić information content (AvgIpc) is 2.82. The minimum atomic E-state index is -0.838. The van der Waals surface area contributed by atoms with E-state index in [1.54, 1.807) is 6.26 Å². The second-order valence-electron chi connectivity index (χ2n) is 7.66. The summed E-state index contributed by atoms with van der Waals surface area (Å²) >= 11 is 1.26. The fraction of sp³-hybridized carbons (Fsp3) is 0.259. The smallest absolute Gasteiger partial charge is 0.304 e. The number of ether oxygens (including phenoxy) is 1. The van der Waals surface area contributed by atoms with Crippen molar-refractivity contribution in [1.82, 2.24) is 4.90 Å². The molecule has 5 heteroatoms. The third-order valence-corrected chi connectivity index (χ3v) is 5.97. The lowest BCUT2D eigenvalue weighted by Gasteiger charge is -2.33. The molecule has 1 unspecified atom stereocenters. The molecule has 3 rings (SSSR count). The Kier molecular flexibility index (Phi) is 9.08. The number of ketones is 1. The molecule has 0 amide bonds. The van der Waals surface area contributed by atoms with Crippen LogP contribution in [0.1, 0.15) is 23.6 Å². The number of Topliss-reactive ketones (excluding diaryl/α,β-unsaturated/α-hetero) is 1. The van der Waals surface area contributed by atoms with Gasteiger partial charge in [-0.15, -0.1) is 11.8 Å². The monoisotopic (exact) mass is 447 g/mol. The van der Waals surface area contributed by atoms with Crippen molar-refractivity contribution in [3.8, 4) is 0 Å². The minimum absolute atomic E-state index is 0.0941. The summed E-state index contributed by atoms with van der Waals surface area (Å²) in [6, 6.07) is 29.8. The molecule has 0 radical (unpaired) electrons. The molecule has 0 aromatic heterocycles. The number of carbonyl (C=O) groups excluding carboxylic acids is 2. The topological polar surface area (TPSA) is 46.6 Å². The van der Waals surface area contributed by atoms with Crippen molar-refractivity contribution < 1.29 is 14.3 Å². The van der Waals surface area contributed by atoms with Crippen molar-refractivity contribution in [2.45, 2.75) is 37.9 Å². The van der Waals surface area contributed by atoms with Crippen molar-refractivity contribution in [2.24, 2.45) is 0 Å². The second-order valence-corrected chi connectivity index (χ2v) is 8.56. The van der Waals surface area contributed by atoms with Crippen LogP contribution in [-0.2, 0) is 33.8 Å². The molecular weight excluding hydrogens is 418 g/mol. The van der Waals surface area contributed by atoms with Gasteiger partial charge in [0.05, 0.1) is 6.04 Å². The zero-order chi connectivity index (χ0) is 22.8. The molecule has 0 aliphatic carbocycles. The summed E-state index contributed by atoms with van der Waals surface area (Å²) in [7, 11) is 0. The Bertz CT molecular complexity index is 938. The van der Waals surface area contributed by atoms with Crippen LogP contribution in [0.2, 0.25) is 0 Å². The van der Waals surface area contributed by atoms with E-state index in [9.17, 15) is 9.59 Å². The molecule has 3 aromatic rings. The molecule has 3 aromatic carbocycles. The highest BCUT2D eigenvalue weighted by molar-refractivity contribution is 7.99. The zero-order valence-corrected chi connectivity index (χ0v) is 19.3. The molecule has 0 heterocycles. The van der Waals surface area contributed by atoms with Crippen molar-refractivity contribution in [3.05, 3.63) is 108 Å². The number of rotatable bonds is 11. The summed E-state index contributed by atoms with van der Waals surface area (Å²) in [5.41, 5.74) is 2.49. The number of hydrogen-bond donors (Lipinski definition) is 0. The van der Waals surface area contributed by atoms with Crippen LogP contribution in [0.5, 0.6) is 0 Å². The number of esters is 1. The zero-order valence-electron chi connectivity index (χ0n) is 18.5. The maximum atomic E-state index is 13.7. The molecule has 32 heavy (non-hydrogen) atoms. The van der Waals surface area contributed by atoms with Crippen LogP contribution in [-0.4, -0.2) is 34.4 Å². The molecule has 4 nitrogen and oxygen atoms in total. The molecule has 0 aliphatic heterocycles. The van der Waals surface area contributed by atoms with E-state index in [0.29, 0.717) is 19.5 Å². The van der Waals surface area contributed by atoms with Crippen LogP contribution < -0.4 is 0 Å². The number of thioether (sulfide) groups is 1. The molecule has 0 bridgehead atoms. The third-order valence-electron chi connectivity index (χ3n) is 5.22. The molecule has 0 N–H and O–H groups in total. The summed E-state index contributed by atoms with van der Waals surface area (Å²) in [4.78, 5) is 27.5. The number of hydrogen-bond acceptors (Lipinski definition) is 5. The van der Waals surface area contributed by atoms with Gasteiger partial charge in [-0.3, -0.25) is 14.5 Å². The molecule has 0 aliphatic rings. The lowest BCUT2D eigenvalue weighted by molar-refractivity contribution is -0.149. The molecule has 0 saturated heterocycles. The molecular formula is C27H29NO3S. The van der Waals surface area contributed by atoms with Crippen LogP contribution in [0.25, 0.3) is 0 Å². The summed E-state index contributed by atoms with van der Waals surface area (Å²) < 4.78 is 5.38. The predicted octanol–water partition coefficient (Wildman–Crippen LogP) is 5.12. The highest BCUT2D eigenvalue weighted by atomic mass is 32.2. The Morgan fingerprint density at radius 2 is 1.22 bits per heavy atom. The van der Waals surface area contributed by atoms with Crippen LogP contribution in [0.3, 0.4) is 0 Å². The Morgan fingerprint density at radius 1 is 0.781 bits per heavy atom. The highest BCUT2D eigenvalue weighted by Gasteiger charge is 2.33. The number of nitrogens with zero attached hydrogens (tertiary/aromatic N) is 1. The molecule has 0 fully saturated rings. The Labute approximate surface area is 194 Å². The maximum Gasteiger partial charge on any atom is 0.304 e. The Hall–Kier alpha value is -2.89. The average molecular weight is 448 g/mol. The van der Waals surface area contributed by atoms with Gasteiger partial charge in [0.2, 0.25) is 11.2 Å². The molecule has 0 saturated carbocycles. The van der Waals surface area contributed by atoms with Gasteiger partial charge in [0, 0.05) is 20.0 Å². The minimum Gasteiger partial charge on any atom is -0.443 e. The largest absolute Gasteiger partial charge is 0.443 e. The van der Waals surface area contributed by atoms with Crippen LogP contribution >= 0.6 is 11.8 Å². The van der Waals surface area contributed by atoms with E-state index in [2.05, 4.69) is 29.2 Å². The summed E-state index contributed by atoms with van der Waals surface area (Å²) in [5, 5.41) is 0. The van der Waals surface area contributed by atoms with Crippen LogP contribution in [0.4, 0.5) is 0 Å². The van der Waals surface area contributed by atoms with Crippen LogP contribution in [0.15, 0.2) is 91.0 Å². The van der Waals surface area contributed by atoms with E-state index >= 15 is 0 Å². The van der Waals surface area contributed by atoms with Crippen molar-refractivity contribution >= 4 is 23.5 Å². The highest BCUT2D eigenvalue weighted by Crippen LogP contribution is 2.22. The maximum absolute atomic E-state index is 13.7. The first-order valence-corrected chi connectivity index (χ1v) is 11.9. The van der Waals surface area contributed by atoms with Gasteiger partial charge in [-0.25, -0.2) is 0 Å². The first-order valence-electron chi connectivity index (χ1n) is 10.7.